The molecule has 2 aliphatic rings. The molecular formula is C26H30FN3. The Hall–Kier alpha value is -2.59. The highest BCUT2D eigenvalue weighted by atomic mass is 19.1. The van der Waals surface area contributed by atoms with Gasteiger partial charge in [-0.25, -0.2) is 4.39 Å². The first-order chi connectivity index (χ1) is 14.7. The largest absolute Gasteiger partial charge is 0.368 e. The number of fused-ring (bicyclic) bond motifs is 1. The number of hydrogen-bond acceptors (Lipinski definition) is 2. The lowest BCUT2D eigenvalue weighted by Gasteiger charge is -2.38. The molecule has 30 heavy (non-hydrogen) atoms. The summed E-state index contributed by atoms with van der Waals surface area (Å²) in [5, 5.41) is 0. The highest BCUT2D eigenvalue weighted by Crippen LogP contribution is 2.36. The van der Waals surface area contributed by atoms with E-state index in [2.05, 4.69) is 57.9 Å². The van der Waals surface area contributed by atoms with E-state index < -0.39 is 0 Å². The second kappa shape index (κ2) is 8.27. The van der Waals surface area contributed by atoms with Crippen molar-refractivity contribution in [3.05, 3.63) is 77.7 Å². The minimum absolute atomic E-state index is 0.152. The van der Waals surface area contributed by atoms with Gasteiger partial charge in [0.25, 0.3) is 0 Å². The Morgan fingerprint density at radius 3 is 2.50 bits per heavy atom. The summed E-state index contributed by atoms with van der Waals surface area (Å²) >= 11 is 0. The molecule has 4 heteroatoms. The van der Waals surface area contributed by atoms with Crippen LogP contribution in [0.1, 0.15) is 24.0 Å². The van der Waals surface area contributed by atoms with Gasteiger partial charge < -0.3 is 14.4 Å². The Labute approximate surface area is 178 Å². The number of piperidine rings is 1. The fourth-order valence-corrected chi connectivity index (χ4v) is 5.10. The van der Waals surface area contributed by atoms with E-state index in [4.69, 9.17) is 0 Å². The zero-order valence-electron chi connectivity index (χ0n) is 17.7. The van der Waals surface area contributed by atoms with Gasteiger partial charge in [-0.05, 0) is 67.1 Å². The van der Waals surface area contributed by atoms with E-state index in [0.29, 0.717) is 6.04 Å². The van der Waals surface area contributed by atoms with Crippen LogP contribution in [-0.2, 0) is 19.9 Å². The Bertz CT molecular complexity index is 999. The van der Waals surface area contributed by atoms with Crippen LogP contribution >= 0.6 is 0 Å². The van der Waals surface area contributed by atoms with Gasteiger partial charge in [0.15, 0.2) is 0 Å². The zero-order valence-corrected chi connectivity index (χ0v) is 17.7. The second-order valence-electron chi connectivity index (χ2n) is 8.74. The van der Waals surface area contributed by atoms with Crippen LogP contribution in [-0.4, -0.2) is 41.7 Å². The van der Waals surface area contributed by atoms with E-state index in [0.717, 1.165) is 39.0 Å². The molecule has 0 unspecified atom stereocenters. The number of rotatable bonds is 5. The highest BCUT2D eigenvalue weighted by Gasteiger charge is 2.29. The smallest absolute Gasteiger partial charge is 0.123 e. The predicted octanol–water partition coefficient (Wildman–Crippen LogP) is 4.90. The van der Waals surface area contributed by atoms with Crippen LogP contribution in [0.3, 0.4) is 0 Å². The molecule has 0 spiro atoms. The van der Waals surface area contributed by atoms with Crippen molar-refractivity contribution in [2.45, 2.75) is 31.7 Å². The summed E-state index contributed by atoms with van der Waals surface area (Å²) in [6.07, 6.45) is 6.71. The molecule has 0 amide bonds. The quantitative estimate of drug-likeness (QED) is 0.600. The van der Waals surface area contributed by atoms with Crippen molar-refractivity contribution in [3.63, 3.8) is 0 Å². The number of aromatic nitrogens is 1. The number of likely N-dealkylation sites (tertiary alicyclic amines) is 1. The van der Waals surface area contributed by atoms with Crippen LogP contribution in [0, 0.1) is 5.82 Å². The summed E-state index contributed by atoms with van der Waals surface area (Å²) in [4.78, 5) is 5.23. The number of anilines is 1. The van der Waals surface area contributed by atoms with Gasteiger partial charge >= 0.3 is 0 Å². The molecule has 3 nitrogen and oxygen atoms in total. The van der Waals surface area contributed by atoms with Gasteiger partial charge in [0.2, 0.25) is 0 Å². The molecule has 2 aromatic carbocycles. The third kappa shape index (κ3) is 3.89. The van der Waals surface area contributed by atoms with Gasteiger partial charge in [-0.3, -0.25) is 0 Å². The summed E-state index contributed by atoms with van der Waals surface area (Å²) in [5.41, 5.74) is 6.75. The van der Waals surface area contributed by atoms with Crippen LogP contribution in [0.5, 0.6) is 0 Å². The van der Waals surface area contributed by atoms with Gasteiger partial charge in [0.1, 0.15) is 5.82 Å². The van der Waals surface area contributed by atoms with Gasteiger partial charge in [0.05, 0.1) is 0 Å². The standard InChI is InChI=1S/C26H30FN3/c1-28-14-2-3-25(28)22-7-6-21-11-18-30(26(21)19-22)24-12-16-29(17-13-24)15-10-20-4-8-23(27)9-5-20/h2-9,14,19,24H,10-13,15-18H2,1H3. The van der Waals surface area contributed by atoms with Crippen molar-refractivity contribution in [2.75, 3.05) is 31.1 Å². The van der Waals surface area contributed by atoms with Crippen LogP contribution in [0.15, 0.2) is 60.8 Å². The molecule has 0 N–H and O–H groups in total. The molecule has 1 fully saturated rings. The fraction of sp³-hybridized carbons (Fsp3) is 0.385. The molecule has 5 rings (SSSR count). The number of hydrogen-bond donors (Lipinski definition) is 0. The predicted molar refractivity (Wildman–Crippen MR) is 121 cm³/mol. The van der Waals surface area contributed by atoms with Gasteiger partial charge in [-0.15, -0.1) is 0 Å². The van der Waals surface area contributed by atoms with Gasteiger partial charge in [-0.2, -0.15) is 0 Å². The molecule has 3 heterocycles. The minimum Gasteiger partial charge on any atom is -0.368 e. The maximum atomic E-state index is 13.1. The third-order valence-electron chi connectivity index (χ3n) is 6.88. The van der Waals surface area contributed by atoms with Crippen molar-refractivity contribution < 1.29 is 4.39 Å². The summed E-state index contributed by atoms with van der Waals surface area (Å²) < 4.78 is 15.3. The van der Waals surface area contributed by atoms with Gasteiger partial charge in [0, 0.05) is 62.4 Å². The zero-order chi connectivity index (χ0) is 20.5. The molecule has 1 aromatic heterocycles. The molecule has 0 radical (unpaired) electrons. The third-order valence-corrected chi connectivity index (χ3v) is 6.88. The molecular weight excluding hydrogens is 373 g/mol. The molecule has 1 saturated heterocycles. The minimum atomic E-state index is -0.152. The van der Waals surface area contributed by atoms with Crippen LogP contribution in [0.4, 0.5) is 10.1 Å². The number of benzene rings is 2. The summed E-state index contributed by atoms with van der Waals surface area (Å²) in [6, 6.07) is 18.9. The molecule has 0 saturated carbocycles. The van der Waals surface area contributed by atoms with Crippen molar-refractivity contribution in [3.8, 4) is 11.3 Å². The molecule has 2 aliphatic heterocycles. The molecule has 0 aliphatic carbocycles. The van der Waals surface area contributed by atoms with Crippen LogP contribution in [0.2, 0.25) is 0 Å². The topological polar surface area (TPSA) is 11.4 Å². The number of nitrogens with zero attached hydrogens (tertiary/aromatic N) is 3. The van der Waals surface area contributed by atoms with E-state index in [-0.39, 0.29) is 5.82 Å². The van der Waals surface area contributed by atoms with Crippen LogP contribution in [0.25, 0.3) is 11.3 Å². The van der Waals surface area contributed by atoms with E-state index in [1.54, 1.807) is 12.1 Å². The molecule has 0 atom stereocenters. The Balaban J connectivity index is 1.21. The lowest BCUT2D eigenvalue weighted by molar-refractivity contribution is 0.212. The van der Waals surface area contributed by atoms with Gasteiger partial charge in [-0.1, -0.05) is 24.3 Å². The molecule has 156 valence electrons. The Morgan fingerprint density at radius 1 is 0.967 bits per heavy atom. The monoisotopic (exact) mass is 403 g/mol. The van der Waals surface area contributed by atoms with Crippen LogP contribution < -0.4 is 4.90 Å². The number of halogens is 1. The summed E-state index contributed by atoms with van der Waals surface area (Å²) in [7, 11) is 2.11. The second-order valence-corrected chi connectivity index (χ2v) is 8.74. The van der Waals surface area contributed by atoms with E-state index >= 15 is 0 Å². The summed E-state index contributed by atoms with van der Waals surface area (Å²) in [5.74, 6) is -0.152. The van der Waals surface area contributed by atoms with E-state index in [1.165, 1.54) is 40.9 Å². The van der Waals surface area contributed by atoms with Crippen molar-refractivity contribution in [1.29, 1.82) is 0 Å². The average Bonchev–Trinajstić information content (AvgIpc) is 3.39. The first kappa shape index (κ1) is 19.4. The first-order valence-corrected chi connectivity index (χ1v) is 11.2. The lowest BCUT2D eigenvalue weighted by atomic mass is 10.0. The highest BCUT2D eigenvalue weighted by molar-refractivity contribution is 5.71. The SMILES string of the molecule is Cn1cccc1-c1ccc2c(c1)N(C1CCN(CCc3ccc(F)cc3)CC1)CC2. The average molecular weight is 404 g/mol. The molecule has 0 bridgehead atoms. The number of aryl methyl sites for hydroxylation is 1. The maximum Gasteiger partial charge on any atom is 0.123 e. The lowest BCUT2D eigenvalue weighted by Crippen LogP contribution is -2.45. The Morgan fingerprint density at radius 2 is 1.77 bits per heavy atom. The van der Waals surface area contributed by atoms with Crippen molar-refractivity contribution in [1.82, 2.24) is 9.47 Å². The Kier molecular flexibility index (Phi) is 5.34. The van der Waals surface area contributed by atoms with Crippen molar-refractivity contribution >= 4 is 5.69 Å². The van der Waals surface area contributed by atoms with Crippen molar-refractivity contribution in [2.24, 2.45) is 7.05 Å². The van der Waals surface area contributed by atoms with E-state index in [9.17, 15) is 4.39 Å². The fourth-order valence-electron chi connectivity index (χ4n) is 5.10. The first-order valence-electron chi connectivity index (χ1n) is 11.2. The molecule has 3 aromatic rings. The van der Waals surface area contributed by atoms with E-state index in [1.807, 2.05) is 12.1 Å². The normalized spacial score (nSPS) is 17.5. The maximum absolute atomic E-state index is 13.1. The summed E-state index contributed by atoms with van der Waals surface area (Å²) in [6.45, 7) is 4.50.